The molecule has 0 spiro atoms. The third kappa shape index (κ3) is 16.6. The van der Waals surface area contributed by atoms with E-state index in [1.54, 1.807) is 0 Å². The van der Waals surface area contributed by atoms with Gasteiger partial charge in [0.15, 0.2) is 0 Å². The standard InChI is InChI=1S/C5H14O2Si.C3H9N/c1-4-6-8(3)7-5-2;1-3-4-2/h8H,4-5H2,1-3H3;4H,3H2,1-2H3. The quantitative estimate of drug-likeness (QED) is 0.664. The van der Waals surface area contributed by atoms with Crippen LogP contribution in [0.2, 0.25) is 6.55 Å². The summed E-state index contributed by atoms with van der Waals surface area (Å²) >= 11 is 0. The minimum atomic E-state index is -1.20. The van der Waals surface area contributed by atoms with Gasteiger partial charge in [-0.2, -0.15) is 0 Å². The summed E-state index contributed by atoms with van der Waals surface area (Å²) in [6, 6.07) is 0. The predicted molar refractivity (Wildman–Crippen MR) is 55.9 cm³/mol. The van der Waals surface area contributed by atoms with Gasteiger partial charge in [-0.1, -0.05) is 6.92 Å². The second-order valence-electron chi connectivity index (χ2n) is 2.19. The Morgan fingerprint density at radius 3 is 1.58 bits per heavy atom. The molecule has 0 atom stereocenters. The Hall–Kier alpha value is 0.0969. The molecule has 0 fully saturated rings. The third-order valence-corrected chi connectivity index (χ3v) is 2.76. The Morgan fingerprint density at radius 2 is 1.42 bits per heavy atom. The second-order valence-corrected chi connectivity index (χ2v) is 3.99. The minimum Gasteiger partial charge on any atom is -0.397 e. The van der Waals surface area contributed by atoms with Crippen molar-refractivity contribution >= 4 is 9.28 Å². The first-order valence-corrected chi connectivity index (χ1v) is 6.70. The molecule has 0 saturated carbocycles. The summed E-state index contributed by atoms with van der Waals surface area (Å²) < 4.78 is 10.4. The van der Waals surface area contributed by atoms with Crippen molar-refractivity contribution in [2.45, 2.75) is 27.3 Å². The van der Waals surface area contributed by atoms with Gasteiger partial charge in [0.25, 0.3) is 0 Å². The summed E-state index contributed by atoms with van der Waals surface area (Å²) in [6.45, 7) is 10.7. The molecule has 0 aromatic rings. The van der Waals surface area contributed by atoms with Gasteiger partial charge in [-0.15, -0.1) is 0 Å². The van der Waals surface area contributed by atoms with E-state index in [2.05, 4.69) is 12.2 Å². The second kappa shape index (κ2) is 13.7. The molecule has 0 heterocycles. The number of nitrogens with one attached hydrogen (secondary N) is 1. The van der Waals surface area contributed by atoms with Crippen LogP contribution in [0, 0.1) is 0 Å². The zero-order chi connectivity index (χ0) is 9.82. The molecule has 0 amide bonds. The van der Waals surface area contributed by atoms with E-state index in [9.17, 15) is 0 Å². The lowest BCUT2D eigenvalue weighted by molar-refractivity contribution is 0.219. The summed E-state index contributed by atoms with van der Waals surface area (Å²) in [5, 5.41) is 2.93. The smallest absolute Gasteiger partial charge is 0.318 e. The fourth-order valence-corrected chi connectivity index (χ4v) is 1.55. The van der Waals surface area contributed by atoms with Gasteiger partial charge in [0, 0.05) is 13.2 Å². The highest BCUT2D eigenvalue weighted by Crippen LogP contribution is 1.85. The summed E-state index contributed by atoms with van der Waals surface area (Å²) in [7, 11) is 0.728. The van der Waals surface area contributed by atoms with E-state index >= 15 is 0 Å². The molecule has 1 N–H and O–H groups in total. The monoisotopic (exact) mass is 193 g/mol. The molecule has 0 aliphatic carbocycles. The van der Waals surface area contributed by atoms with Crippen LogP contribution in [-0.2, 0) is 8.85 Å². The lowest BCUT2D eigenvalue weighted by Gasteiger charge is -2.07. The van der Waals surface area contributed by atoms with Crippen LogP contribution in [0.3, 0.4) is 0 Å². The Labute approximate surface area is 78.3 Å². The molecule has 0 bridgehead atoms. The van der Waals surface area contributed by atoms with Crippen LogP contribution < -0.4 is 5.32 Å². The zero-order valence-corrected chi connectivity index (χ0v) is 10.2. The SMILES string of the molecule is CCNC.CCO[SiH](C)OCC. The zero-order valence-electron chi connectivity index (χ0n) is 9.02. The molecule has 0 saturated heterocycles. The summed E-state index contributed by atoms with van der Waals surface area (Å²) in [5.41, 5.74) is 0. The van der Waals surface area contributed by atoms with Gasteiger partial charge < -0.3 is 14.2 Å². The van der Waals surface area contributed by atoms with Gasteiger partial charge in [-0.25, -0.2) is 0 Å². The molecule has 0 aromatic heterocycles. The maximum Gasteiger partial charge on any atom is 0.318 e. The topological polar surface area (TPSA) is 30.5 Å². The predicted octanol–water partition coefficient (Wildman–Crippen LogP) is 1.14. The van der Waals surface area contributed by atoms with Gasteiger partial charge >= 0.3 is 9.28 Å². The van der Waals surface area contributed by atoms with Gasteiger partial charge in [-0.05, 0) is 34.0 Å². The van der Waals surface area contributed by atoms with Gasteiger partial charge in [0.05, 0.1) is 0 Å². The van der Waals surface area contributed by atoms with Gasteiger partial charge in [0.2, 0.25) is 0 Å². The normalized spacial score (nSPS) is 9.50. The Morgan fingerprint density at radius 1 is 1.08 bits per heavy atom. The van der Waals surface area contributed by atoms with Crippen LogP contribution in [0.25, 0.3) is 0 Å². The fraction of sp³-hybridized carbons (Fsp3) is 1.00. The van der Waals surface area contributed by atoms with Crippen LogP contribution in [-0.4, -0.2) is 36.1 Å². The minimum absolute atomic E-state index is 0.785. The van der Waals surface area contributed by atoms with Crippen molar-refractivity contribution in [1.82, 2.24) is 5.32 Å². The number of hydrogen-bond donors (Lipinski definition) is 1. The average Bonchev–Trinajstić information content (AvgIpc) is 2.06. The molecule has 12 heavy (non-hydrogen) atoms. The first-order valence-electron chi connectivity index (χ1n) is 4.60. The maximum absolute atomic E-state index is 5.20. The first kappa shape index (κ1) is 14.6. The lowest BCUT2D eigenvalue weighted by atomic mass is 10.8. The Kier molecular flexibility index (Phi) is 16.6. The lowest BCUT2D eigenvalue weighted by Crippen LogP contribution is -2.17. The van der Waals surface area contributed by atoms with Crippen molar-refractivity contribution in [3.05, 3.63) is 0 Å². The molecule has 0 aromatic carbocycles. The largest absolute Gasteiger partial charge is 0.397 e. The Bertz CT molecular complexity index is 66.1. The molecule has 4 heteroatoms. The molecule has 0 radical (unpaired) electrons. The molecular weight excluding hydrogens is 170 g/mol. The van der Waals surface area contributed by atoms with Crippen molar-refractivity contribution < 1.29 is 8.85 Å². The molecule has 0 unspecified atom stereocenters. The molecule has 0 rings (SSSR count). The maximum atomic E-state index is 5.20. The summed E-state index contributed by atoms with van der Waals surface area (Å²) in [4.78, 5) is 0. The fourth-order valence-electron chi connectivity index (χ4n) is 0.518. The van der Waals surface area contributed by atoms with E-state index in [4.69, 9.17) is 8.85 Å². The van der Waals surface area contributed by atoms with Gasteiger partial charge in [-0.3, -0.25) is 0 Å². The molecule has 76 valence electrons. The van der Waals surface area contributed by atoms with Crippen LogP contribution in [0.5, 0.6) is 0 Å². The van der Waals surface area contributed by atoms with Crippen molar-refractivity contribution in [2.75, 3.05) is 26.8 Å². The first-order chi connectivity index (χ1) is 5.72. The van der Waals surface area contributed by atoms with Crippen molar-refractivity contribution in [3.63, 3.8) is 0 Å². The summed E-state index contributed by atoms with van der Waals surface area (Å²) in [6.07, 6.45) is 0. The number of rotatable bonds is 5. The van der Waals surface area contributed by atoms with E-state index in [0.717, 1.165) is 19.8 Å². The van der Waals surface area contributed by atoms with E-state index in [1.165, 1.54) is 0 Å². The highest BCUT2D eigenvalue weighted by atomic mass is 28.3. The van der Waals surface area contributed by atoms with E-state index in [0.29, 0.717) is 0 Å². The van der Waals surface area contributed by atoms with Crippen LogP contribution in [0.1, 0.15) is 20.8 Å². The highest BCUT2D eigenvalue weighted by Gasteiger charge is 1.99. The molecule has 0 aliphatic heterocycles. The van der Waals surface area contributed by atoms with E-state index in [-0.39, 0.29) is 0 Å². The summed E-state index contributed by atoms with van der Waals surface area (Å²) in [5.74, 6) is 0. The van der Waals surface area contributed by atoms with Crippen molar-refractivity contribution in [2.24, 2.45) is 0 Å². The van der Waals surface area contributed by atoms with E-state index in [1.807, 2.05) is 27.4 Å². The van der Waals surface area contributed by atoms with Gasteiger partial charge in [0.1, 0.15) is 0 Å². The highest BCUT2D eigenvalue weighted by molar-refractivity contribution is 6.42. The van der Waals surface area contributed by atoms with Crippen LogP contribution >= 0.6 is 0 Å². The Balaban J connectivity index is 0. The number of hydrogen-bond acceptors (Lipinski definition) is 3. The molecular formula is C8H23NO2Si. The van der Waals surface area contributed by atoms with Crippen LogP contribution in [0.4, 0.5) is 0 Å². The molecule has 3 nitrogen and oxygen atoms in total. The van der Waals surface area contributed by atoms with Crippen LogP contribution in [0.15, 0.2) is 0 Å². The third-order valence-electron chi connectivity index (χ3n) is 1.16. The van der Waals surface area contributed by atoms with E-state index < -0.39 is 9.28 Å². The molecule has 0 aliphatic rings. The average molecular weight is 193 g/mol. The van der Waals surface area contributed by atoms with Crippen molar-refractivity contribution in [1.29, 1.82) is 0 Å². The van der Waals surface area contributed by atoms with Crippen molar-refractivity contribution in [3.8, 4) is 0 Å².